The summed E-state index contributed by atoms with van der Waals surface area (Å²) in [6.07, 6.45) is 11.1. The van der Waals surface area contributed by atoms with Gasteiger partial charge in [0.1, 0.15) is 6.61 Å². The normalized spacial score (nSPS) is 23.7. The fourth-order valence-corrected chi connectivity index (χ4v) is 4.41. The van der Waals surface area contributed by atoms with Crippen molar-refractivity contribution in [1.29, 1.82) is 0 Å². The first-order valence-electron chi connectivity index (χ1n) is 11.2. The third-order valence-electron chi connectivity index (χ3n) is 6.36. The molecule has 4 heteroatoms. The van der Waals surface area contributed by atoms with Crippen molar-refractivity contribution in [3.05, 3.63) is 108 Å². The third kappa shape index (κ3) is 5.89. The highest BCUT2D eigenvalue weighted by atomic mass is 16.5. The summed E-state index contributed by atoms with van der Waals surface area (Å²) in [6.45, 7) is 15.6. The van der Waals surface area contributed by atoms with Crippen LogP contribution in [0.1, 0.15) is 39.2 Å². The van der Waals surface area contributed by atoms with E-state index < -0.39 is 35.6 Å². The average Bonchev–Trinajstić information content (AvgIpc) is 2.79. The van der Waals surface area contributed by atoms with Crippen molar-refractivity contribution in [2.45, 2.75) is 33.6 Å². The van der Waals surface area contributed by atoms with E-state index in [0.717, 1.165) is 27.9 Å². The minimum atomic E-state index is -0.899. The van der Waals surface area contributed by atoms with E-state index in [1.54, 1.807) is 12.2 Å². The first-order chi connectivity index (χ1) is 15.8. The number of hydrogen-bond donors (Lipinski definition) is 1. The summed E-state index contributed by atoms with van der Waals surface area (Å²) >= 11 is 0. The molecule has 0 spiro atoms. The maximum atomic E-state index is 13.3. The Morgan fingerprint density at radius 3 is 2.27 bits per heavy atom. The Hall–Kier alpha value is -3.40. The van der Waals surface area contributed by atoms with E-state index in [4.69, 9.17) is 4.74 Å². The third-order valence-corrected chi connectivity index (χ3v) is 6.36. The molecular weight excluding hydrogens is 412 g/mol. The van der Waals surface area contributed by atoms with Crippen molar-refractivity contribution in [3.8, 4) is 0 Å². The fraction of sp³-hybridized carbons (Fsp3) is 0.310. The summed E-state index contributed by atoms with van der Waals surface area (Å²) in [7, 11) is 0. The van der Waals surface area contributed by atoms with Crippen LogP contribution in [0.3, 0.4) is 0 Å². The molecule has 1 N–H and O–H groups in total. The summed E-state index contributed by atoms with van der Waals surface area (Å²) in [6, 6.07) is 9.36. The van der Waals surface area contributed by atoms with Crippen LogP contribution in [0.2, 0.25) is 0 Å². The Kier molecular flexibility index (Phi) is 9.41. The minimum Gasteiger partial charge on any atom is -0.481 e. The molecule has 1 aliphatic carbocycles. The van der Waals surface area contributed by atoms with Gasteiger partial charge in [-0.2, -0.15) is 0 Å². The van der Waals surface area contributed by atoms with Crippen LogP contribution < -0.4 is 0 Å². The van der Waals surface area contributed by atoms with Gasteiger partial charge in [-0.15, -0.1) is 0 Å². The lowest BCUT2D eigenvalue weighted by molar-refractivity contribution is -0.166. The Morgan fingerprint density at radius 2 is 1.73 bits per heavy atom. The van der Waals surface area contributed by atoms with Crippen molar-refractivity contribution < 1.29 is 19.4 Å². The zero-order chi connectivity index (χ0) is 24.5. The molecule has 0 radical (unpaired) electrons. The number of ether oxygens (including phenoxy) is 1. The molecule has 2 rings (SSSR count). The van der Waals surface area contributed by atoms with Crippen molar-refractivity contribution >= 4 is 11.9 Å². The topological polar surface area (TPSA) is 63.6 Å². The van der Waals surface area contributed by atoms with Crippen LogP contribution in [-0.4, -0.2) is 23.7 Å². The predicted molar refractivity (Wildman–Crippen MR) is 134 cm³/mol. The van der Waals surface area contributed by atoms with E-state index in [0.29, 0.717) is 0 Å². The fourth-order valence-electron chi connectivity index (χ4n) is 4.41. The second kappa shape index (κ2) is 12.0. The van der Waals surface area contributed by atoms with Crippen LogP contribution in [0.5, 0.6) is 0 Å². The van der Waals surface area contributed by atoms with Crippen LogP contribution in [-0.2, 0) is 14.3 Å². The highest BCUT2D eigenvalue weighted by Gasteiger charge is 2.58. The number of carbonyl (C=O) groups is 2. The van der Waals surface area contributed by atoms with Crippen LogP contribution in [0.25, 0.3) is 0 Å². The first-order valence-corrected chi connectivity index (χ1v) is 11.2. The van der Waals surface area contributed by atoms with Crippen molar-refractivity contribution in [1.82, 2.24) is 0 Å². The van der Waals surface area contributed by atoms with Gasteiger partial charge in [-0.1, -0.05) is 85.5 Å². The maximum absolute atomic E-state index is 13.3. The number of aliphatic carboxylic acids is 1. The molecule has 174 valence electrons. The van der Waals surface area contributed by atoms with E-state index >= 15 is 0 Å². The van der Waals surface area contributed by atoms with Gasteiger partial charge in [-0.3, -0.25) is 9.59 Å². The van der Waals surface area contributed by atoms with Gasteiger partial charge in [0.2, 0.25) is 0 Å². The quantitative estimate of drug-likeness (QED) is 0.256. The maximum Gasteiger partial charge on any atom is 0.310 e. The monoisotopic (exact) mass is 446 g/mol. The van der Waals surface area contributed by atoms with E-state index in [-0.39, 0.29) is 6.61 Å². The number of allylic oxidation sites excluding steroid dienone is 8. The predicted octanol–water partition coefficient (Wildman–Crippen LogP) is 6.42. The van der Waals surface area contributed by atoms with E-state index in [1.807, 2.05) is 82.3 Å². The number of carbonyl (C=O) groups excluding carboxylic acids is 1. The molecule has 0 amide bonds. The molecular formula is C29H34O4. The van der Waals surface area contributed by atoms with Gasteiger partial charge in [0.05, 0.1) is 11.8 Å². The molecule has 1 aromatic carbocycles. The van der Waals surface area contributed by atoms with Crippen LogP contribution in [0.4, 0.5) is 0 Å². The second-order valence-corrected chi connectivity index (χ2v) is 8.27. The molecule has 4 atom stereocenters. The SMILES string of the molecule is C=C/C=C(/COC(=O)C1[C@H](/C(C)=C/C)C(C(=O)O)[C@@H]1c1ccccc1)C(=C)/C(C)=C/C=C\C. The van der Waals surface area contributed by atoms with Gasteiger partial charge < -0.3 is 9.84 Å². The molecule has 2 unspecified atom stereocenters. The van der Waals surface area contributed by atoms with E-state index in [2.05, 4.69) is 13.2 Å². The summed E-state index contributed by atoms with van der Waals surface area (Å²) in [5.41, 5.74) is 4.19. The zero-order valence-corrected chi connectivity index (χ0v) is 20.0. The minimum absolute atomic E-state index is 0.0437. The summed E-state index contributed by atoms with van der Waals surface area (Å²) in [5, 5.41) is 9.95. The largest absolute Gasteiger partial charge is 0.481 e. The summed E-state index contributed by atoms with van der Waals surface area (Å²) in [4.78, 5) is 25.5. The molecule has 33 heavy (non-hydrogen) atoms. The lowest BCUT2D eigenvalue weighted by atomic mass is 9.52. The van der Waals surface area contributed by atoms with Gasteiger partial charge in [0, 0.05) is 11.8 Å². The second-order valence-electron chi connectivity index (χ2n) is 8.27. The number of rotatable bonds is 10. The molecule has 0 heterocycles. The van der Waals surface area contributed by atoms with Gasteiger partial charge in [-0.05, 0) is 50.0 Å². The summed E-state index contributed by atoms with van der Waals surface area (Å²) in [5.74, 6) is -3.39. The number of esters is 1. The van der Waals surface area contributed by atoms with Crippen molar-refractivity contribution in [2.24, 2.45) is 17.8 Å². The number of carboxylic acid groups (broad SMARTS) is 1. The van der Waals surface area contributed by atoms with Gasteiger partial charge in [-0.25, -0.2) is 0 Å². The number of carboxylic acids is 1. The van der Waals surface area contributed by atoms with Crippen molar-refractivity contribution in [2.75, 3.05) is 6.61 Å². The molecule has 0 saturated heterocycles. The highest BCUT2D eigenvalue weighted by Crippen LogP contribution is 2.55. The molecule has 0 aromatic heterocycles. The Labute approximate surface area is 197 Å². The lowest BCUT2D eigenvalue weighted by Crippen LogP contribution is -2.53. The van der Waals surface area contributed by atoms with E-state index in [9.17, 15) is 14.7 Å². The molecule has 1 aromatic rings. The number of benzene rings is 1. The first kappa shape index (κ1) is 25.9. The molecule has 1 aliphatic rings. The molecule has 1 saturated carbocycles. The van der Waals surface area contributed by atoms with Gasteiger partial charge in [0.15, 0.2) is 0 Å². The zero-order valence-electron chi connectivity index (χ0n) is 20.0. The van der Waals surface area contributed by atoms with Gasteiger partial charge in [0.25, 0.3) is 0 Å². The summed E-state index contributed by atoms with van der Waals surface area (Å²) < 4.78 is 5.76. The number of hydrogen-bond acceptors (Lipinski definition) is 3. The lowest BCUT2D eigenvalue weighted by Gasteiger charge is -2.49. The molecule has 0 aliphatic heterocycles. The highest BCUT2D eigenvalue weighted by molar-refractivity contribution is 5.83. The van der Waals surface area contributed by atoms with E-state index in [1.165, 1.54) is 0 Å². The Bertz CT molecular complexity index is 1010. The Balaban J connectivity index is 2.31. The molecule has 1 fully saturated rings. The average molecular weight is 447 g/mol. The standard InChI is InChI=1S/C29H34O4/c1-7-10-15-20(5)21(6)23(14-8-2)18-33-29(32)27-24(19(4)9-3)26(28(30)31)25(27)22-16-12-11-13-17-22/h7-17,24-27H,2,6,18H2,1,3-5H3,(H,30,31)/b10-7-,19-9+,20-15+,23-14-/t24-,25+,26?,27?/m1/s1. The molecule has 4 nitrogen and oxygen atoms in total. The smallest absolute Gasteiger partial charge is 0.310 e. The molecule has 0 bridgehead atoms. The van der Waals surface area contributed by atoms with Gasteiger partial charge >= 0.3 is 11.9 Å². The Morgan fingerprint density at radius 1 is 1.06 bits per heavy atom. The van der Waals surface area contributed by atoms with Crippen molar-refractivity contribution in [3.63, 3.8) is 0 Å². The van der Waals surface area contributed by atoms with Crippen LogP contribution in [0.15, 0.2) is 102 Å². The van der Waals surface area contributed by atoms with Crippen LogP contribution >= 0.6 is 0 Å². The van der Waals surface area contributed by atoms with Crippen LogP contribution in [0, 0.1) is 17.8 Å².